The van der Waals surface area contributed by atoms with Crippen LogP contribution in [0.3, 0.4) is 0 Å². The van der Waals surface area contributed by atoms with Gasteiger partial charge in [-0.15, -0.1) is 0 Å². The van der Waals surface area contributed by atoms with Gasteiger partial charge < -0.3 is 5.11 Å². The summed E-state index contributed by atoms with van der Waals surface area (Å²) in [6.07, 6.45) is 4.91. The van der Waals surface area contributed by atoms with E-state index in [1.165, 1.54) is 19.3 Å². The van der Waals surface area contributed by atoms with Crippen LogP contribution in [0, 0.1) is 0 Å². The summed E-state index contributed by atoms with van der Waals surface area (Å²) in [5.41, 5.74) is 0. The van der Waals surface area contributed by atoms with Crippen molar-refractivity contribution in [3.63, 3.8) is 0 Å². The van der Waals surface area contributed by atoms with E-state index in [4.69, 9.17) is 0 Å². The van der Waals surface area contributed by atoms with E-state index in [1.807, 2.05) is 0 Å². The van der Waals surface area contributed by atoms with Crippen molar-refractivity contribution in [1.82, 2.24) is 4.90 Å². The molecule has 13 heavy (non-hydrogen) atoms. The monoisotopic (exact) mass is 247 g/mol. The topological polar surface area (TPSA) is 23.5 Å². The first-order chi connectivity index (χ1) is 6.24. The van der Waals surface area contributed by atoms with Gasteiger partial charge in [-0.2, -0.15) is 0 Å². The lowest BCUT2D eigenvalue weighted by molar-refractivity contribution is 0.135. The van der Waals surface area contributed by atoms with Crippen molar-refractivity contribution >= 4 is 15.9 Å². The lowest BCUT2D eigenvalue weighted by Crippen LogP contribution is -2.38. The van der Waals surface area contributed by atoms with Crippen molar-refractivity contribution in [3.8, 4) is 0 Å². The molecule has 1 atom stereocenters. The normalized spacial score (nSPS) is 25.5. The second-order valence-electron chi connectivity index (χ2n) is 3.67. The number of hydrogen-bond acceptors (Lipinski definition) is 2. The third-order valence-electron chi connectivity index (χ3n) is 2.58. The summed E-state index contributed by atoms with van der Waals surface area (Å²) in [6.45, 7) is 6.08. The Balaban J connectivity index is 2.48. The molecular formula is C10H18BrNO. The molecule has 1 unspecified atom stereocenters. The largest absolute Gasteiger partial charge is 0.395 e. The molecule has 0 aromatic carbocycles. The van der Waals surface area contributed by atoms with E-state index in [9.17, 15) is 5.11 Å². The average molecular weight is 248 g/mol. The molecule has 0 aromatic rings. The molecule has 1 rings (SSSR count). The summed E-state index contributed by atoms with van der Waals surface area (Å²) in [4.78, 5) is 2.32. The molecule has 0 aromatic heterocycles. The van der Waals surface area contributed by atoms with Gasteiger partial charge in [0, 0.05) is 17.1 Å². The van der Waals surface area contributed by atoms with Crippen LogP contribution in [0.5, 0.6) is 0 Å². The highest BCUT2D eigenvalue weighted by Crippen LogP contribution is 2.18. The fraction of sp³-hybridized carbons (Fsp3) is 0.800. The maximum Gasteiger partial charge on any atom is 0.0587 e. The Bertz CT molecular complexity index is 172. The Morgan fingerprint density at radius 3 is 2.85 bits per heavy atom. The zero-order valence-electron chi connectivity index (χ0n) is 8.01. The minimum Gasteiger partial charge on any atom is -0.395 e. The zero-order valence-corrected chi connectivity index (χ0v) is 9.59. The molecule has 1 heterocycles. The summed E-state index contributed by atoms with van der Waals surface area (Å²) < 4.78 is 1.01. The number of aliphatic hydroxyl groups is 1. The quantitative estimate of drug-likeness (QED) is 0.827. The first kappa shape index (κ1) is 11.2. The van der Waals surface area contributed by atoms with Crippen molar-refractivity contribution < 1.29 is 5.11 Å². The first-order valence-electron chi connectivity index (χ1n) is 4.92. The Kier molecular flexibility index (Phi) is 4.99. The van der Waals surface area contributed by atoms with Crippen LogP contribution in [-0.4, -0.2) is 35.7 Å². The molecule has 0 saturated carbocycles. The number of hydrogen-bond donors (Lipinski definition) is 1. The lowest BCUT2D eigenvalue weighted by Gasteiger charge is -2.27. The summed E-state index contributed by atoms with van der Waals surface area (Å²) in [5, 5.41) is 9.21. The molecule has 2 nitrogen and oxygen atoms in total. The molecule has 1 N–H and O–H groups in total. The van der Waals surface area contributed by atoms with Crippen LogP contribution in [0.4, 0.5) is 0 Å². The number of rotatable bonds is 3. The van der Waals surface area contributed by atoms with Gasteiger partial charge in [0.05, 0.1) is 6.61 Å². The molecule has 1 saturated heterocycles. The zero-order chi connectivity index (χ0) is 9.68. The molecule has 1 aliphatic rings. The van der Waals surface area contributed by atoms with Gasteiger partial charge in [-0.05, 0) is 19.4 Å². The van der Waals surface area contributed by atoms with Gasteiger partial charge in [0.25, 0.3) is 0 Å². The fourth-order valence-corrected chi connectivity index (χ4v) is 2.19. The molecule has 0 radical (unpaired) electrons. The second-order valence-corrected chi connectivity index (χ2v) is 4.79. The van der Waals surface area contributed by atoms with Crippen LogP contribution < -0.4 is 0 Å². The number of halogens is 1. The Morgan fingerprint density at radius 2 is 2.23 bits per heavy atom. The average Bonchev–Trinajstić information content (AvgIpc) is 2.28. The molecular weight excluding hydrogens is 230 g/mol. The van der Waals surface area contributed by atoms with Crippen molar-refractivity contribution in [2.45, 2.75) is 31.7 Å². The third-order valence-corrected chi connectivity index (χ3v) is 2.84. The molecule has 1 aliphatic heterocycles. The first-order valence-corrected chi connectivity index (χ1v) is 5.71. The summed E-state index contributed by atoms with van der Waals surface area (Å²) in [6, 6.07) is 0.344. The predicted octanol–water partition coefficient (Wildman–Crippen LogP) is 2.13. The van der Waals surface area contributed by atoms with Gasteiger partial charge in [-0.25, -0.2) is 0 Å². The predicted molar refractivity (Wildman–Crippen MR) is 59.0 cm³/mol. The second kappa shape index (κ2) is 5.78. The SMILES string of the molecule is C=C(Br)CN1CCCCCC1CO. The van der Waals surface area contributed by atoms with E-state index in [1.54, 1.807) is 0 Å². The fourth-order valence-electron chi connectivity index (χ4n) is 1.87. The Labute approximate surface area is 88.7 Å². The molecule has 0 aliphatic carbocycles. The summed E-state index contributed by atoms with van der Waals surface area (Å²) >= 11 is 3.37. The maximum atomic E-state index is 9.21. The van der Waals surface area contributed by atoms with Crippen LogP contribution in [0.15, 0.2) is 11.1 Å². The number of likely N-dealkylation sites (tertiary alicyclic amines) is 1. The van der Waals surface area contributed by atoms with Crippen LogP contribution in [-0.2, 0) is 0 Å². The van der Waals surface area contributed by atoms with Gasteiger partial charge in [0.1, 0.15) is 0 Å². The minimum atomic E-state index is 0.278. The van der Waals surface area contributed by atoms with E-state index in [0.717, 1.165) is 24.0 Å². The van der Waals surface area contributed by atoms with Crippen LogP contribution >= 0.6 is 15.9 Å². The van der Waals surface area contributed by atoms with Crippen molar-refractivity contribution in [1.29, 1.82) is 0 Å². The van der Waals surface area contributed by atoms with Crippen molar-refractivity contribution in [3.05, 3.63) is 11.1 Å². The van der Waals surface area contributed by atoms with E-state index >= 15 is 0 Å². The van der Waals surface area contributed by atoms with Gasteiger partial charge in [0.2, 0.25) is 0 Å². The Morgan fingerprint density at radius 1 is 1.46 bits per heavy atom. The maximum absolute atomic E-state index is 9.21. The van der Waals surface area contributed by atoms with Crippen LogP contribution in [0.2, 0.25) is 0 Å². The molecule has 0 bridgehead atoms. The molecule has 76 valence electrons. The van der Waals surface area contributed by atoms with Gasteiger partial charge >= 0.3 is 0 Å². The van der Waals surface area contributed by atoms with Crippen molar-refractivity contribution in [2.75, 3.05) is 19.7 Å². The van der Waals surface area contributed by atoms with Crippen molar-refractivity contribution in [2.24, 2.45) is 0 Å². The van der Waals surface area contributed by atoms with Gasteiger partial charge in [-0.3, -0.25) is 4.90 Å². The molecule has 3 heteroatoms. The van der Waals surface area contributed by atoms with Gasteiger partial charge in [-0.1, -0.05) is 35.4 Å². The smallest absolute Gasteiger partial charge is 0.0587 e. The molecule has 0 amide bonds. The van der Waals surface area contributed by atoms with Crippen LogP contribution in [0.25, 0.3) is 0 Å². The highest BCUT2D eigenvalue weighted by molar-refractivity contribution is 9.11. The standard InChI is InChI=1S/C10H18BrNO/c1-9(11)7-12-6-4-2-3-5-10(12)8-13/h10,13H,1-8H2. The van der Waals surface area contributed by atoms with E-state index in [-0.39, 0.29) is 6.61 Å². The lowest BCUT2D eigenvalue weighted by atomic mass is 10.1. The summed E-state index contributed by atoms with van der Waals surface area (Å²) in [5.74, 6) is 0. The highest BCUT2D eigenvalue weighted by Gasteiger charge is 2.19. The Hall–Kier alpha value is 0.140. The molecule has 0 spiro atoms. The van der Waals surface area contributed by atoms with Gasteiger partial charge in [0.15, 0.2) is 0 Å². The number of nitrogens with zero attached hydrogens (tertiary/aromatic N) is 1. The van der Waals surface area contributed by atoms with Crippen LogP contribution in [0.1, 0.15) is 25.7 Å². The van der Waals surface area contributed by atoms with E-state index < -0.39 is 0 Å². The summed E-state index contributed by atoms with van der Waals surface area (Å²) in [7, 11) is 0. The van der Waals surface area contributed by atoms with E-state index in [2.05, 4.69) is 27.4 Å². The highest BCUT2D eigenvalue weighted by atomic mass is 79.9. The minimum absolute atomic E-state index is 0.278. The van der Waals surface area contributed by atoms with E-state index in [0.29, 0.717) is 6.04 Å². The third kappa shape index (κ3) is 3.79. The molecule has 1 fully saturated rings. The number of aliphatic hydroxyl groups excluding tert-OH is 1.